The third kappa shape index (κ3) is 5.21. The Morgan fingerprint density at radius 1 is 1.22 bits per heavy atom. The maximum atomic E-state index is 14.0. The van der Waals surface area contributed by atoms with Gasteiger partial charge in [0.1, 0.15) is 5.82 Å². The SMILES string of the molecule is COc1ccc(C(=O)NC[C@H]2CN(C)CCN2C(=O)c2nc(Cc3ccccc3F)cs2)c2ccoc12. The highest BCUT2D eigenvalue weighted by molar-refractivity contribution is 7.11. The van der Waals surface area contributed by atoms with Crippen LogP contribution in [-0.2, 0) is 6.42 Å². The number of nitrogens with zero attached hydrogens (tertiary/aromatic N) is 3. The van der Waals surface area contributed by atoms with Gasteiger partial charge >= 0.3 is 0 Å². The van der Waals surface area contributed by atoms with Crippen LogP contribution in [0.4, 0.5) is 4.39 Å². The zero-order valence-electron chi connectivity index (χ0n) is 20.6. The molecule has 5 rings (SSSR count). The minimum atomic E-state index is -0.289. The molecule has 1 aliphatic heterocycles. The van der Waals surface area contributed by atoms with Gasteiger partial charge in [0, 0.05) is 43.4 Å². The molecule has 1 atom stereocenters. The van der Waals surface area contributed by atoms with Gasteiger partial charge in [-0.15, -0.1) is 11.3 Å². The molecule has 192 valence electrons. The number of carbonyl (C=O) groups is 2. The normalized spacial score (nSPS) is 16.2. The Hall–Kier alpha value is -3.76. The molecule has 0 saturated carbocycles. The van der Waals surface area contributed by atoms with Gasteiger partial charge in [0.05, 0.1) is 30.7 Å². The second kappa shape index (κ2) is 10.7. The largest absolute Gasteiger partial charge is 0.493 e. The average Bonchev–Trinajstić information content (AvgIpc) is 3.58. The Kier molecular flexibility index (Phi) is 7.20. The van der Waals surface area contributed by atoms with Gasteiger partial charge in [-0.1, -0.05) is 18.2 Å². The molecule has 4 aromatic rings. The van der Waals surface area contributed by atoms with Crippen LogP contribution in [0.1, 0.15) is 31.4 Å². The summed E-state index contributed by atoms with van der Waals surface area (Å²) in [6.07, 6.45) is 1.85. The van der Waals surface area contributed by atoms with E-state index in [2.05, 4.69) is 15.2 Å². The molecule has 1 fully saturated rings. The fraction of sp³-hybridized carbons (Fsp3) is 0.296. The number of hydrogen-bond acceptors (Lipinski definition) is 7. The number of likely N-dealkylation sites (N-methyl/N-ethyl adjacent to an activating group) is 1. The van der Waals surface area contributed by atoms with E-state index in [9.17, 15) is 14.0 Å². The van der Waals surface area contributed by atoms with Crippen molar-refractivity contribution in [1.29, 1.82) is 0 Å². The quantitative estimate of drug-likeness (QED) is 0.397. The van der Waals surface area contributed by atoms with Crippen molar-refractivity contribution in [2.75, 3.05) is 40.3 Å². The van der Waals surface area contributed by atoms with Gasteiger partial charge in [0.2, 0.25) is 0 Å². The van der Waals surface area contributed by atoms with Gasteiger partial charge in [-0.05, 0) is 36.9 Å². The summed E-state index contributed by atoms with van der Waals surface area (Å²) in [6, 6.07) is 11.5. The van der Waals surface area contributed by atoms with Gasteiger partial charge in [-0.2, -0.15) is 0 Å². The minimum Gasteiger partial charge on any atom is -0.493 e. The van der Waals surface area contributed by atoms with Crippen LogP contribution in [0.15, 0.2) is 58.5 Å². The molecule has 1 saturated heterocycles. The van der Waals surface area contributed by atoms with E-state index >= 15 is 0 Å². The number of hydrogen-bond donors (Lipinski definition) is 1. The smallest absolute Gasteiger partial charge is 0.283 e. The van der Waals surface area contributed by atoms with E-state index in [1.54, 1.807) is 53.8 Å². The van der Waals surface area contributed by atoms with E-state index < -0.39 is 0 Å². The molecule has 8 nitrogen and oxygen atoms in total. The number of piperazine rings is 1. The van der Waals surface area contributed by atoms with E-state index in [-0.39, 0.29) is 30.2 Å². The number of amides is 2. The molecule has 2 amide bonds. The molecule has 10 heteroatoms. The lowest BCUT2D eigenvalue weighted by atomic mass is 10.1. The van der Waals surface area contributed by atoms with Crippen molar-refractivity contribution in [3.8, 4) is 5.75 Å². The van der Waals surface area contributed by atoms with Gasteiger partial charge in [-0.3, -0.25) is 9.59 Å². The van der Waals surface area contributed by atoms with Crippen LogP contribution in [0.2, 0.25) is 0 Å². The first-order valence-electron chi connectivity index (χ1n) is 11.9. The van der Waals surface area contributed by atoms with Gasteiger partial charge in [-0.25, -0.2) is 9.37 Å². The molecular weight excluding hydrogens is 495 g/mol. The summed E-state index contributed by atoms with van der Waals surface area (Å²) in [5.41, 5.74) is 2.18. The van der Waals surface area contributed by atoms with Crippen molar-refractivity contribution in [2.45, 2.75) is 12.5 Å². The number of benzene rings is 2. The Balaban J connectivity index is 1.28. The third-order valence-electron chi connectivity index (χ3n) is 6.55. The van der Waals surface area contributed by atoms with Crippen molar-refractivity contribution in [2.24, 2.45) is 0 Å². The molecule has 1 N–H and O–H groups in total. The van der Waals surface area contributed by atoms with E-state index in [4.69, 9.17) is 9.15 Å². The fourth-order valence-corrected chi connectivity index (χ4v) is 5.37. The van der Waals surface area contributed by atoms with Crippen LogP contribution in [0.5, 0.6) is 5.75 Å². The summed E-state index contributed by atoms with van der Waals surface area (Å²) in [5.74, 6) is -0.169. The zero-order valence-corrected chi connectivity index (χ0v) is 21.4. The number of rotatable bonds is 7. The molecule has 2 aromatic carbocycles. The van der Waals surface area contributed by atoms with Crippen LogP contribution < -0.4 is 10.1 Å². The van der Waals surface area contributed by atoms with E-state index in [0.29, 0.717) is 58.1 Å². The predicted octanol–water partition coefficient (Wildman–Crippen LogP) is 3.81. The Morgan fingerprint density at radius 2 is 2.05 bits per heavy atom. The van der Waals surface area contributed by atoms with Crippen LogP contribution in [0.25, 0.3) is 11.0 Å². The molecule has 0 spiro atoms. The van der Waals surface area contributed by atoms with Crippen LogP contribution >= 0.6 is 11.3 Å². The second-order valence-electron chi connectivity index (χ2n) is 9.02. The lowest BCUT2D eigenvalue weighted by Crippen LogP contribution is -2.57. The summed E-state index contributed by atoms with van der Waals surface area (Å²) < 4.78 is 24.9. The van der Waals surface area contributed by atoms with E-state index in [0.717, 1.165) is 6.54 Å². The maximum Gasteiger partial charge on any atom is 0.283 e. The zero-order chi connectivity index (χ0) is 25.9. The molecule has 0 bridgehead atoms. The first kappa shape index (κ1) is 24.9. The monoisotopic (exact) mass is 522 g/mol. The number of furan rings is 1. The van der Waals surface area contributed by atoms with Crippen molar-refractivity contribution < 1.29 is 23.1 Å². The first-order chi connectivity index (χ1) is 17.9. The summed E-state index contributed by atoms with van der Waals surface area (Å²) >= 11 is 1.26. The average molecular weight is 523 g/mol. The van der Waals surface area contributed by atoms with Gasteiger partial charge in [0.15, 0.2) is 16.3 Å². The van der Waals surface area contributed by atoms with Crippen molar-refractivity contribution >= 4 is 34.1 Å². The van der Waals surface area contributed by atoms with Gasteiger partial charge in [0.25, 0.3) is 11.8 Å². The molecule has 1 aliphatic rings. The highest BCUT2D eigenvalue weighted by Gasteiger charge is 2.31. The molecule has 3 heterocycles. The lowest BCUT2D eigenvalue weighted by molar-refractivity contribution is 0.0492. The number of thiazole rings is 1. The van der Waals surface area contributed by atoms with Crippen molar-refractivity contribution in [1.82, 2.24) is 20.1 Å². The van der Waals surface area contributed by atoms with Crippen LogP contribution in [-0.4, -0.2) is 73.0 Å². The molecule has 37 heavy (non-hydrogen) atoms. The second-order valence-corrected chi connectivity index (χ2v) is 9.87. The number of fused-ring (bicyclic) bond motifs is 1. The molecule has 2 aromatic heterocycles. The highest BCUT2D eigenvalue weighted by Crippen LogP contribution is 2.29. The van der Waals surface area contributed by atoms with Crippen LogP contribution in [0.3, 0.4) is 0 Å². The fourth-order valence-electron chi connectivity index (χ4n) is 4.60. The predicted molar refractivity (Wildman–Crippen MR) is 139 cm³/mol. The Labute approximate surface area is 217 Å². The number of carbonyl (C=O) groups excluding carboxylic acids is 2. The van der Waals surface area contributed by atoms with Crippen molar-refractivity contribution in [3.05, 3.63) is 81.8 Å². The summed E-state index contributed by atoms with van der Waals surface area (Å²) in [4.78, 5) is 34.9. The number of ether oxygens (including phenoxy) is 1. The lowest BCUT2D eigenvalue weighted by Gasteiger charge is -2.39. The van der Waals surface area contributed by atoms with Crippen molar-refractivity contribution in [3.63, 3.8) is 0 Å². The summed E-state index contributed by atoms with van der Waals surface area (Å²) in [7, 11) is 3.54. The highest BCUT2D eigenvalue weighted by atomic mass is 32.1. The Morgan fingerprint density at radius 3 is 2.86 bits per heavy atom. The number of halogens is 1. The summed E-state index contributed by atoms with van der Waals surface area (Å²) in [5, 5.41) is 5.81. The summed E-state index contributed by atoms with van der Waals surface area (Å²) in [6.45, 7) is 2.14. The standard InChI is InChI=1S/C27H27FN4O4S/c1-31-10-11-32(27(34)26-30-18(16-37-26)13-17-5-3-4-6-22(17)28)19(15-31)14-29-25(33)21-7-8-23(35-2)24-20(21)9-12-36-24/h3-9,12,16,19H,10-11,13-15H2,1-2H3,(H,29,33)/t19-/m0/s1. The Bertz CT molecular complexity index is 1430. The molecular formula is C27H27FN4O4S. The number of nitrogens with one attached hydrogen (secondary N) is 1. The molecule has 0 unspecified atom stereocenters. The third-order valence-corrected chi connectivity index (χ3v) is 7.43. The number of aromatic nitrogens is 1. The van der Waals surface area contributed by atoms with Gasteiger partial charge < -0.3 is 24.3 Å². The number of methoxy groups -OCH3 is 1. The van der Waals surface area contributed by atoms with E-state index in [1.807, 2.05) is 7.05 Å². The first-order valence-corrected chi connectivity index (χ1v) is 12.8. The molecule has 0 aliphatic carbocycles. The maximum absolute atomic E-state index is 14.0. The topological polar surface area (TPSA) is 87.9 Å². The van der Waals surface area contributed by atoms with Crippen LogP contribution in [0, 0.1) is 5.82 Å². The van der Waals surface area contributed by atoms with E-state index in [1.165, 1.54) is 23.7 Å². The molecule has 0 radical (unpaired) electrons. The minimum absolute atomic E-state index is 0.182.